The van der Waals surface area contributed by atoms with Crippen molar-refractivity contribution >= 4 is 11.9 Å². The molecule has 2 N–H and O–H groups in total. The third kappa shape index (κ3) is 5.47. The highest BCUT2D eigenvalue weighted by atomic mass is 16.4. The number of aliphatic carboxylic acids is 1. The van der Waals surface area contributed by atoms with Crippen LogP contribution >= 0.6 is 0 Å². The maximum atomic E-state index is 13.5. The zero-order valence-electron chi connectivity index (χ0n) is 19.1. The minimum Gasteiger partial charge on any atom is -0.479 e. The molecule has 0 radical (unpaired) electrons. The molecule has 0 saturated heterocycles. The molecule has 1 fully saturated rings. The number of hydrogen-bond acceptors (Lipinski definition) is 3. The van der Waals surface area contributed by atoms with Crippen LogP contribution in [0, 0.1) is 5.92 Å². The number of carbonyl (C=O) groups excluding carboxylic acids is 1. The first-order chi connectivity index (χ1) is 15.5. The summed E-state index contributed by atoms with van der Waals surface area (Å²) in [4.78, 5) is 38.5. The Morgan fingerprint density at radius 3 is 2.41 bits per heavy atom. The van der Waals surface area contributed by atoms with E-state index in [1.807, 2.05) is 11.5 Å². The fourth-order valence-corrected chi connectivity index (χ4v) is 4.72. The van der Waals surface area contributed by atoms with Crippen LogP contribution in [0.1, 0.15) is 85.6 Å². The number of carboxylic acids is 1. The lowest BCUT2D eigenvalue weighted by atomic mass is 9.89. The Kier molecular flexibility index (Phi) is 8.26. The Morgan fingerprint density at radius 2 is 1.81 bits per heavy atom. The Labute approximate surface area is 189 Å². The second-order valence-corrected chi connectivity index (χ2v) is 8.71. The number of rotatable bonds is 9. The fraction of sp³-hybridized carbons (Fsp3) is 0.500. The molecule has 1 aromatic carbocycles. The summed E-state index contributed by atoms with van der Waals surface area (Å²) < 4.78 is 1.81. The van der Waals surface area contributed by atoms with Gasteiger partial charge in [-0.1, -0.05) is 69.9 Å². The average molecular weight is 439 g/mol. The first-order valence-corrected chi connectivity index (χ1v) is 11.8. The van der Waals surface area contributed by atoms with Crippen LogP contribution in [-0.2, 0) is 24.2 Å². The number of amides is 1. The second kappa shape index (κ2) is 11.1. The van der Waals surface area contributed by atoms with Crippen molar-refractivity contribution < 1.29 is 14.7 Å². The number of benzene rings is 1. The van der Waals surface area contributed by atoms with Crippen molar-refractivity contribution in [3.8, 4) is 0 Å². The van der Waals surface area contributed by atoms with E-state index in [4.69, 9.17) is 0 Å². The Morgan fingerprint density at radius 1 is 1.12 bits per heavy atom. The summed E-state index contributed by atoms with van der Waals surface area (Å²) in [5.74, 6) is -1.36. The number of carboxylic acid groups (broad SMARTS) is 1. The summed E-state index contributed by atoms with van der Waals surface area (Å²) in [5.41, 5.74) is 2.18. The molecule has 2 aromatic rings. The summed E-state index contributed by atoms with van der Waals surface area (Å²) in [7, 11) is 0. The lowest BCUT2D eigenvalue weighted by Crippen LogP contribution is -2.39. The molecule has 172 valence electrons. The van der Waals surface area contributed by atoms with E-state index in [0.29, 0.717) is 24.4 Å². The first-order valence-electron chi connectivity index (χ1n) is 11.8. The van der Waals surface area contributed by atoms with Crippen molar-refractivity contribution in [1.29, 1.82) is 0 Å². The van der Waals surface area contributed by atoms with Crippen molar-refractivity contribution in [3.63, 3.8) is 0 Å². The van der Waals surface area contributed by atoms with Gasteiger partial charge < -0.3 is 15.0 Å². The van der Waals surface area contributed by atoms with Gasteiger partial charge in [0.25, 0.3) is 11.5 Å². The highest BCUT2D eigenvalue weighted by Crippen LogP contribution is 2.26. The van der Waals surface area contributed by atoms with Gasteiger partial charge in [0.05, 0.1) is 0 Å². The monoisotopic (exact) mass is 438 g/mol. The predicted molar refractivity (Wildman–Crippen MR) is 125 cm³/mol. The van der Waals surface area contributed by atoms with E-state index in [-0.39, 0.29) is 11.1 Å². The first kappa shape index (κ1) is 23.8. The van der Waals surface area contributed by atoms with Gasteiger partial charge in [0, 0.05) is 12.2 Å². The van der Waals surface area contributed by atoms with E-state index in [2.05, 4.69) is 12.2 Å². The lowest BCUT2D eigenvalue weighted by Gasteiger charge is -2.26. The van der Waals surface area contributed by atoms with E-state index in [0.717, 1.165) is 36.9 Å². The van der Waals surface area contributed by atoms with E-state index in [9.17, 15) is 19.5 Å². The van der Waals surface area contributed by atoms with Crippen molar-refractivity contribution in [2.45, 2.75) is 77.8 Å². The zero-order valence-corrected chi connectivity index (χ0v) is 19.1. The van der Waals surface area contributed by atoms with Gasteiger partial charge in [0.1, 0.15) is 5.56 Å². The highest BCUT2D eigenvalue weighted by molar-refractivity contribution is 5.96. The summed E-state index contributed by atoms with van der Waals surface area (Å²) in [6.07, 6.45) is 8.22. The number of aryl methyl sites for hydroxylation is 1. The molecule has 0 unspecified atom stereocenters. The van der Waals surface area contributed by atoms with Gasteiger partial charge in [-0.05, 0) is 48.8 Å². The van der Waals surface area contributed by atoms with E-state index >= 15 is 0 Å². The molecule has 1 heterocycles. The molecule has 0 aliphatic heterocycles. The summed E-state index contributed by atoms with van der Waals surface area (Å²) in [6.45, 7) is 4.74. The topological polar surface area (TPSA) is 88.4 Å². The number of pyridine rings is 1. The average Bonchev–Trinajstić information content (AvgIpc) is 2.81. The third-order valence-corrected chi connectivity index (χ3v) is 6.42. The van der Waals surface area contributed by atoms with Crippen LogP contribution in [0.5, 0.6) is 0 Å². The number of aromatic nitrogens is 1. The number of nitrogens with zero attached hydrogens (tertiary/aromatic N) is 1. The van der Waals surface area contributed by atoms with Crippen LogP contribution in [0.25, 0.3) is 0 Å². The summed E-state index contributed by atoms with van der Waals surface area (Å²) in [6, 6.07) is 9.00. The molecule has 1 amide bonds. The molecule has 32 heavy (non-hydrogen) atoms. The number of nitrogens with one attached hydrogen (secondary N) is 1. The minimum atomic E-state index is -1.21. The quantitative estimate of drug-likeness (QED) is 0.603. The van der Waals surface area contributed by atoms with Gasteiger partial charge in [-0.15, -0.1) is 0 Å². The van der Waals surface area contributed by atoms with Gasteiger partial charge in [-0.2, -0.15) is 0 Å². The van der Waals surface area contributed by atoms with Gasteiger partial charge in [0.2, 0.25) is 0 Å². The van der Waals surface area contributed by atoms with Crippen LogP contribution in [0.2, 0.25) is 0 Å². The molecule has 1 aliphatic carbocycles. The van der Waals surface area contributed by atoms with Crippen LogP contribution in [0.3, 0.4) is 0 Å². The molecular formula is C26H34N2O4. The maximum absolute atomic E-state index is 13.5. The second-order valence-electron chi connectivity index (χ2n) is 8.71. The van der Waals surface area contributed by atoms with Crippen LogP contribution in [-0.4, -0.2) is 21.6 Å². The van der Waals surface area contributed by atoms with Crippen LogP contribution < -0.4 is 10.9 Å². The third-order valence-electron chi connectivity index (χ3n) is 6.42. The lowest BCUT2D eigenvalue weighted by molar-refractivity contribution is -0.139. The van der Waals surface area contributed by atoms with Crippen molar-refractivity contribution in [1.82, 2.24) is 9.88 Å². The van der Waals surface area contributed by atoms with Crippen molar-refractivity contribution in [3.05, 3.63) is 69.1 Å². The molecule has 6 nitrogen and oxygen atoms in total. The summed E-state index contributed by atoms with van der Waals surface area (Å²) >= 11 is 0. The normalized spacial score (nSPS) is 15.3. The molecule has 1 aromatic heterocycles. The fourth-order valence-electron chi connectivity index (χ4n) is 4.72. The summed E-state index contributed by atoms with van der Waals surface area (Å²) in [5, 5.41) is 12.3. The molecule has 1 aliphatic rings. The minimum absolute atomic E-state index is 0.0275. The largest absolute Gasteiger partial charge is 0.479 e. The molecule has 6 heteroatoms. The molecule has 1 saturated carbocycles. The molecule has 3 rings (SSSR count). The van der Waals surface area contributed by atoms with Crippen LogP contribution in [0.15, 0.2) is 41.2 Å². The molecule has 0 bridgehead atoms. The van der Waals surface area contributed by atoms with Gasteiger partial charge >= 0.3 is 5.97 Å². The standard InChI is InChI=1S/C26H34N2O4/c1-3-11-22-19(4-2)16-21(25(30)28(22)17-18-12-7-5-8-13-18)24(29)27-23(26(31)32)20-14-9-6-10-15-20/h6,9-10,14-16,18,23H,3-5,7-8,11-13,17H2,1-2H3,(H,27,29)(H,31,32)/t23-/m0/s1. The highest BCUT2D eigenvalue weighted by Gasteiger charge is 2.26. The molecular weight excluding hydrogens is 404 g/mol. The predicted octanol–water partition coefficient (Wildman–Crippen LogP) is 4.50. The zero-order chi connectivity index (χ0) is 23.1. The SMILES string of the molecule is CCCc1c(CC)cc(C(=O)N[C@H](C(=O)O)c2ccccc2)c(=O)n1CC1CCCCC1. The van der Waals surface area contributed by atoms with Crippen molar-refractivity contribution in [2.75, 3.05) is 0 Å². The Bertz CT molecular complexity index is 991. The Balaban J connectivity index is 1.99. The van der Waals surface area contributed by atoms with E-state index in [1.54, 1.807) is 36.4 Å². The maximum Gasteiger partial charge on any atom is 0.330 e. The van der Waals surface area contributed by atoms with Gasteiger partial charge in [-0.25, -0.2) is 4.79 Å². The Hall–Kier alpha value is -2.89. The van der Waals surface area contributed by atoms with Crippen LogP contribution in [0.4, 0.5) is 0 Å². The molecule has 1 atom stereocenters. The van der Waals surface area contributed by atoms with E-state index < -0.39 is 17.9 Å². The number of hydrogen-bond donors (Lipinski definition) is 2. The van der Waals surface area contributed by atoms with Crippen molar-refractivity contribution in [2.24, 2.45) is 5.92 Å². The molecule has 0 spiro atoms. The van der Waals surface area contributed by atoms with Gasteiger partial charge in [0.15, 0.2) is 6.04 Å². The van der Waals surface area contributed by atoms with E-state index in [1.165, 1.54) is 19.3 Å². The van der Waals surface area contributed by atoms with Gasteiger partial charge in [-0.3, -0.25) is 9.59 Å². The number of carbonyl (C=O) groups is 2. The smallest absolute Gasteiger partial charge is 0.330 e.